The van der Waals surface area contributed by atoms with E-state index in [-0.39, 0.29) is 5.57 Å². The summed E-state index contributed by atoms with van der Waals surface area (Å²) in [6.45, 7) is -0.547. The standard InChI is InChI=1S/C15H11N3O4S/c16-8-11(14(21)18-15-17-5-6-23-15)7-10-1-3-12(4-2-10)22-9-13(19)20/h1-7H,9H2,(H,19,20)(H,17,18,21)/p-1/b11-7-. The molecule has 0 aliphatic heterocycles. The van der Waals surface area contributed by atoms with Gasteiger partial charge < -0.3 is 14.6 Å². The predicted octanol–water partition coefficient (Wildman–Crippen LogP) is 0.817. The maximum Gasteiger partial charge on any atom is 0.268 e. The summed E-state index contributed by atoms with van der Waals surface area (Å²) in [6.07, 6.45) is 2.95. The number of rotatable bonds is 6. The molecule has 1 amide bonds. The van der Waals surface area contributed by atoms with E-state index >= 15 is 0 Å². The van der Waals surface area contributed by atoms with E-state index in [1.165, 1.54) is 29.5 Å². The van der Waals surface area contributed by atoms with Gasteiger partial charge in [-0.3, -0.25) is 10.1 Å². The van der Waals surface area contributed by atoms with Crippen molar-refractivity contribution in [1.29, 1.82) is 5.26 Å². The number of aliphatic carboxylic acids is 1. The molecule has 116 valence electrons. The summed E-state index contributed by atoms with van der Waals surface area (Å²) in [5, 5.41) is 24.0. The molecule has 8 heteroatoms. The Morgan fingerprint density at radius 3 is 2.70 bits per heavy atom. The molecule has 1 heterocycles. The highest BCUT2D eigenvalue weighted by Gasteiger charge is 2.10. The van der Waals surface area contributed by atoms with Gasteiger partial charge in [-0.25, -0.2) is 4.98 Å². The second kappa shape index (κ2) is 7.72. The van der Waals surface area contributed by atoms with E-state index in [9.17, 15) is 14.7 Å². The number of thiazole rings is 1. The number of carboxylic acids is 1. The molecular weight excluding hydrogens is 318 g/mol. The maximum atomic E-state index is 12.0. The zero-order valence-corrected chi connectivity index (χ0v) is 12.5. The summed E-state index contributed by atoms with van der Waals surface area (Å²) >= 11 is 1.25. The lowest BCUT2D eigenvalue weighted by Crippen LogP contribution is -2.28. The lowest BCUT2D eigenvalue weighted by atomic mass is 10.1. The van der Waals surface area contributed by atoms with Crippen molar-refractivity contribution in [2.24, 2.45) is 0 Å². The van der Waals surface area contributed by atoms with E-state index in [0.717, 1.165) is 0 Å². The van der Waals surface area contributed by atoms with Gasteiger partial charge in [-0.05, 0) is 23.8 Å². The van der Waals surface area contributed by atoms with E-state index in [1.54, 1.807) is 23.7 Å². The van der Waals surface area contributed by atoms with Crippen LogP contribution in [0.15, 0.2) is 41.4 Å². The molecule has 0 unspecified atom stereocenters. The Balaban J connectivity index is 2.07. The molecule has 0 saturated heterocycles. The average Bonchev–Trinajstić information content (AvgIpc) is 3.04. The normalized spacial score (nSPS) is 10.7. The summed E-state index contributed by atoms with van der Waals surface area (Å²) in [5.41, 5.74) is 0.514. The molecule has 7 nitrogen and oxygen atoms in total. The van der Waals surface area contributed by atoms with Gasteiger partial charge in [0.05, 0.1) is 5.97 Å². The van der Waals surface area contributed by atoms with Crippen LogP contribution in [0.5, 0.6) is 5.75 Å². The van der Waals surface area contributed by atoms with Gasteiger partial charge in [-0.2, -0.15) is 5.26 Å². The van der Waals surface area contributed by atoms with Gasteiger partial charge in [0.1, 0.15) is 24.0 Å². The number of carbonyl (C=O) groups excluding carboxylic acids is 2. The fourth-order valence-corrected chi connectivity index (χ4v) is 2.09. The summed E-state index contributed by atoms with van der Waals surface area (Å²) in [5.74, 6) is -1.53. The topological polar surface area (TPSA) is 115 Å². The third-order valence-corrected chi connectivity index (χ3v) is 3.25. The summed E-state index contributed by atoms with van der Waals surface area (Å²) < 4.78 is 4.94. The molecule has 1 aromatic carbocycles. The van der Waals surface area contributed by atoms with E-state index < -0.39 is 18.5 Å². The van der Waals surface area contributed by atoms with Crippen LogP contribution in [0.25, 0.3) is 6.08 Å². The first-order valence-electron chi connectivity index (χ1n) is 6.34. The van der Waals surface area contributed by atoms with Crippen LogP contribution in [0.4, 0.5) is 5.13 Å². The number of aromatic nitrogens is 1. The lowest BCUT2D eigenvalue weighted by Gasteiger charge is -2.06. The van der Waals surface area contributed by atoms with Crippen LogP contribution in [-0.2, 0) is 9.59 Å². The highest BCUT2D eigenvalue weighted by atomic mass is 32.1. The summed E-state index contributed by atoms with van der Waals surface area (Å²) in [4.78, 5) is 26.2. The highest BCUT2D eigenvalue weighted by Crippen LogP contribution is 2.16. The van der Waals surface area contributed by atoms with Gasteiger partial charge in [-0.1, -0.05) is 12.1 Å². The Hall–Kier alpha value is -3.18. The molecule has 0 fully saturated rings. The van der Waals surface area contributed by atoms with E-state index in [1.807, 2.05) is 6.07 Å². The lowest BCUT2D eigenvalue weighted by molar-refractivity contribution is -0.307. The number of nitriles is 1. The van der Waals surface area contributed by atoms with Crippen molar-refractivity contribution in [3.63, 3.8) is 0 Å². The van der Waals surface area contributed by atoms with E-state index in [2.05, 4.69) is 10.3 Å². The van der Waals surface area contributed by atoms with Crippen LogP contribution in [-0.4, -0.2) is 23.5 Å². The number of amides is 1. The number of benzene rings is 1. The monoisotopic (exact) mass is 328 g/mol. The Bertz CT molecular complexity index is 761. The quantitative estimate of drug-likeness (QED) is 0.620. The van der Waals surface area contributed by atoms with Crippen LogP contribution in [0.1, 0.15) is 5.56 Å². The maximum absolute atomic E-state index is 12.0. The zero-order valence-electron chi connectivity index (χ0n) is 11.7. The third-order valence-electron chi connectivity index (χ3n) is 2.57. The Labute approximate surface area is 135 Å². The molecule has 0 aliphatic carbocycles. The van der Waals surface area contributed by atoms with Crippen molar-refractivity contribution in [3.05, 3.63) is 47.0 Å². The van der Waals surface area contributed by atoms with Gasteiger partial charge >= 0.3 is 0 Å². The second-order valence-corrected chi connectivity index (χ2v) is 5.09. The first-order chi connectivity index (χ1) is 11.1. The van der Waals surface area contributed by atoms with E-state index in [4.69, 9.17) is 10.00 Å². The van der Waals surface area contributed by atoms with Gasteiger partial charge in [0, 0.05) is 11.6 Å². The van der Waals surface area contributed by atoms with E-state index in [0.29, 0.717) is 16.4 Å². The molecule has 1 N–H and O–H groups in total. The third kappa shape index (κ3) is 4.94. The number of nitrogens with one attached hydrogen (secondary N) is 1. The van der Waals surface area contributed by atoms with Gasteiger partial charge in [0.25, 0.3) is 5.91 Å². The number of carbonyl (C=O) groups is 2. The number of hydrogen-bond acceptors (Lipinski definition) is 7. The van der Waals surface area contributed by atoms with Crippen molar-refractivity contribution in [1.82, 2.24) is 4.98 Å². The van der Waals surface area contributed by atoms with Crippen LogP contribution in [0, 0.1) is 11.3 Å². The predicted molar refractivity (Wildman–Crippen MR) is 81.3 cm³/mol. The molecule has 0 spiro atoms. The molecule has 2 rings (SSSR count). The van der Waals surface area contributed by atoms with Crippen molar-refractivity contribution >= 4 is 34.4 Å². The SMILES string of the molecule is N#C/C(=C/c1ccc(OCC(=O)[O-])cc1)C(=O)Nc1nccs1. The molecule has 2 aromatic rings. The number of carboxylic acid groups (broad SMARTS) is 1. The van der Waals surface area contributed by atoms with Crippen molar-refractivity contribution < 1.29 is 19.4 Å². The summed E-state index contributed by atoms with van der Waals surface area (Å²) in [7, 11) is 0. The number of nitrogens with zero attached hydrogens (tertiary/aromatic N) is 2. The van der Waals surface area contributed by atoms with Gasteiger partial charge in [-0.15, -0.1) is 11.3 Å². The fourth-order valence-electron chi connectivity index (χ4n) is 1.57. The largest absolute Gasteiger partial charge is 0.546 e. The Morgan fingerprint density at radius 1 is 1.39 bits per heavy atom. The van der Waals surface area contributed by atoms with Crippen LogP contribution in [0.3, 0.4) is 0 Å². The zero-order chi connectivity index (χ0) is 16.7. The number of anilines is 1. The minimum absolute atomic E-state index is 0.0800. The molecule has 0 radical (unpaired) electrons. The Kier molecular flexibility index (Phi) is 5.44. The smallest absolute Gasteiger partial charge is 0.268 e. The van der Waals surface area contributed by atoms with Crippen LogP contribution in [0.2, 0.25) is 0 Å². The Morgan fingerprint density at radius 2 is 2.13 bits per heavy atom. The molecule has 23 heavy (non-hydrogen) atoms. The first kappa shape index (κ1) is 16.2. The van der Waals surface area contributed by atoms with Crippen LogP contribution < -0.4 is 15.2 Å². The van der Waals surface area contributed by atoms with Gasteiger partial charge in [0.2, 0.25) is 0 Å². The molecule has 1 aromatic heterocycles. The number of ether oxygens (including phenoxy) is 1. The summed E-state index contributed by atoms with van der Waals surface area (Å²) in [6, 6.07) is 8.08. The minimum atomic E-state index is -1.32. The van der Waals surface area contributed by atoms with Crippen molar-refractivity contribution in [3.8, 4) is 11.8 Å². The molecule has 0 bridgehead atoms. The number of hydrogen-bond donors (Lipinski definition) is 1. The molecular formula is C15H10N3O4S-. The van der Waals surface area contributed by atoms with Gasteiger partial charge in [0.15, 0.2) is 5.13 Å². The van der Waals surface area contributed by atoms with Crippen LogP contribution >= 0.6 is 11.3 Å². The van der Waals surface area contributed by atoms with Crippen molar-refractivity contribution in [2.45, 2.75) is 0 Å². The molecule has 0 atom stereocenters. The fraction of sp³-hybridized carbons (Fsp3) is 0.0667. The molecule has 0 aliphatic rings. The minimum Gasteiger partial charge on any atom is -0.546 e. The molecule has 0 saturated carbocycles. The first-order valence-corrected chi connectivity index (χ1v) is 7.22. The average molecular weight is 328 g/mol. The second-order valence-electron chi connectivity index (χ2n) is 4.19. The highest BCUT2D eigenvalue weighted by molar-refractivity contribution is 7.13. The van der Waals surface area contributed by atoms with Crippen molar-refractivity contribution in [2.75, 3.05) is 11.9 Å².